The molecule has 0 unspecified atom stereocenters. The summed E-state index contributed by atoms with van der Waals surface area (Å²) in [5, 5.41) is 5.60. The number of pyridine rings is 2. The van der Waals surface area contributed by atoms with E-state index >= 15 is 0 Å². The molecule has 0 bridgehead atoms. The first kappa shape index (κ1) is 44.9. The number of rotatable bonds is 5. The van der Waals surface area contributed by atoms with E-state index in [-0.39, 0.29) is 44.9 Å². The molecule has 2 atom stereocenters. The van der Waals surface area contributed by atoms with Crippen molar-refractivity contribution in [1.82, 2.24) is 74.3 Å². The van der Waals surface area contributed by atoms with E-state index in [1.54, 1.807) is 70.3 Å². The van der Waals surface area contributed by atoms with Crippen molar-refractivity contribution in [3.63, 3.8) is 0 Å². The van der Waals surface area contributed by atoms with Gasteiger partial charge in [0.25, 0.3) is 22.2 Å². The number of nitrogens with one attached hydrogen (secondary N) is 3. The van der Waals surface area contributed by atoms with Gasteiger partial charge in [0.05, 0.1) is 80.4 Å². The molecule has 0 spiro atoms. The minimum atomic E-state index is -0.328. The Bertz CT molecular complexity index is 3790. The first-order chi connectivity index (χ1) is 33.7. The van der Waals surface area contributed by atoms with E-state index < -0.39 is 0 Å². The van der Waals surface area contributed by atoms with Crippen molar-refractivity contribution in [3.05, 3.63) is 179 Å². The first-order valence-corrected chi connectivity index (χ1v) is 22.6. The Labute approximate surface area is 403 Å². The van der Waals surface area contributed by atoms with Gasteiger partial charge in [-0.05, 0) is 80.8 Å². The van der Waals surface area contributed by atoms with Crippen LogP contribution in [0.5, 0.6) is 0 Å². The zero-order valence-corrected chi connectivity index (χ0v) is 38.1. The predicted molar refractivity (Wildman–Crippen MR) is 261 cm³/mol. The van der Waals surface area contributed by atoms with E-state index in [4.69, 9.17) is 44.8 Å². The average molecular weight is 982 g/mol. The van der Waals surface area contributed by atoms with Gasteiger partial charge in [-0.25, -0.2) is 39.9 Å². The molecule has 0 saturated carbocycles. The Morgan fingerprint density at radius 3 is 1.74 bits per heavy atom. The second-order valence-corrected chi connectivity index (χ2v) is 16.8. The summed E-state index contributed by atoms with van der Waals surface area (Å²) in [6.45, 7) is 1.56. The van der Waals surface area contributed by atoms with Gasteiger partial charge in [-0.2, -0.15) is 0 Å². The van der Waals surface area contributed by atoms with E-state index in [1.165, 1.54) is 25.3 Å². The topological polar surface area (TPSA) is 254 Å². The molecule has 2 fully saturated rings. The third-order valence-corrected chi connectivity index (χ3v) is 12.5. The minimum absolute atomic E-state index is 0.0614. The summed E-state index contributed by atoms with van der Waals surface area (Å²) in [5.41, 5.74) is 1.94. The van der Waals surface area contributed by atoms with Crippen LogP contribution < -0.4 is 32.5 Å². The molecule has 20 nitrogen and oxygen atoms in total. The number of H-pyrrole nitrogens is 2. The lowest BCUT2D eigenvalue weighted by atomic mass is 10.1. The molecule has 2 aliphatic rings. The van der Waals surface area contributed by atoms with Crippen molar-refractivity contribution in [2.24, 2.45) is 0 Å². The monoisotopic (exact) mass is 980 g/mol. The highest BCUT2D eigenvalue weighted by atomic mass is 35.5. The van der Waals surface area contributed by atoms with E-state index in [2.05, 4.69) is 55.2 Å². The van der Waals surface area contributed by atoms with Gasteiger partial charge >= 0.3 is 0 Å². The number of hydrogen-bond acceptors (Lipinski definition) is 16. The lowest BCUT2D eigenvalue weighted by Gasteiger charge is -2.28. The molecule has 0 radical (unpaired) electrons. The summed E-state index contributed by atoms with van der Waals surface area (Å²) in [6.07, 6.45) is 15.4. The van der Waals surface area contributed by atoms with Crippen molar-refractivity contribution in [2.75, 3.05) is 18.0 Å². The highest BCUT2D eigenvalue weighted by Crippen LogP contribution is 2.37. The number of benzene rings is 2. The molecule has 69 heavy (non-hydrogen) atoms. The molecule has 23 heteroatoms. The zero-order chi connectivity index (χ0) is 47.6. The summed E-state index contributed by atoms with van der Waals surface area (Å²) >= 11 is 18.3. The van der Waals surface area contributed by atoms with Crippen molar-refractivity contribution in [3.8, 4) is 11.4 Å². The van der Waals surface area contributed by atoms with Crippen LogP contribution in [0.3, 0.4) is 0 Å². The Balaban J connectivity index is 0.000000135. The molecule has 2 aliphatic heterocycles. The Kier molecular flexibility index (Phi) is 12.6. The van der Waals surface area contributed by atoms with Gasteiger partial charge in [0.1, 0.15) is 46.0 Å². The highest BCUT2D eigenvalue weighted by molar-refractivity contribution is 6.35. The summed E-state index contributed by atoms with van der Waals surface area (Å²) in [6, 6.07) is 17.5. The van der Waals surface area contributed by atoms with Gasteiger partial charge < -0.3 is 20.2 Å². The van der Waals surface area contributed by atoms with Crippen molar-refractivity contribution in [1.29, 1.82) is 0 Å². The van der Waals surface area contributed by atoms with Crippen molar-refractivity contribution in [2.45, 2.75) is 37.8 Å². The van der Waals surface area contributed by atoms with Crippen molar-refractivity contribution < 1.29 is 0 Å². The zero-order valence-electron chi connectivity index (χ0n) is 35.9. The molecule has 2 saturated heterocycles. The smallest absolute Gasteiger partial charge is 0.267 e. The third kappa shape index (κ3) is 8.65. The Hall–Kier alpha value is -7.91. The van der Waals surface area contributed by atoms with Crippen molar-refractivity contribution >= 4 is 84.5 Å². The number of aromatic amines is 2. The van der Waals surface area contributed by atoms with Gasteiger partial charge in [-0.1, -0.05) is 46.9 Å². The third-order valence-electron chi connectivity index (χ3n) is 11.6. The van der Waals surface area contributed by atoms with Gasteiger partial charge in [-0.15, -0.1) is 0 Å². The Morgan fingerprint density at radius 1 is 0.580 bits per heavy atom. The van der Waals surface area contributed by atoms with E-state index in [1.807, 2.05) is 29.2 Å². The van der Waals surface area contributed by atoms with E-state index in [9.17, 15) is 19.2 Å². The van der Waals surface area contributed by atoms with E-state index in [0.717, 1.165) is 31.6 Å². The fraction of sp³-hybridized carbons (Fsp3) is 0.174. The molecule has 8 aromatic heterocycles. The minimum Gasteiger partial charge on any atom is -0.346 e. The normalized spacial score (nSPS) is 15.6. The first-order valence-electron chi connectivity index (χ1n) is 21.4. The number of hydrogen-bond donors (Lipinski definition) is 3. The SMILES string of the molecule is O=c1[nH]cnc2ncnc(Cl)c12.O=c1[nH]cnc2ncnc(N3CCC[C@H]3c3nc4cccc(Cl)c4c(=O)n3-c3cccnc3)c12.O=c1c2c(Cl)cccc2nc([C@@H]2CCCN2)n1-c1cccnc1. The summed E-state index contributed by atoms with van der Waals surface area (Å²) in [5.74, 6) is 1.70. The molecular weight excluding hydrogens is 947 g/mol. The van der Waals surface area contributed by atoms with Crippen LogP contribution >= 0.6 is 34.8 Å². The van der Waals surface area contributed by atoms with Crippen LogP contribution in [-0.4, -0.2) is 82.0 Å². The van der Waals surface area contributed by atoms with Crippen LogP contribution in [0.15, 0.2) is 130 Å². The van der Waals surface area contributed by atoms with Gasteiger partial charge in [0.15, 0.2) is 11.3 Å². The molecule has 344 valence electrons. The summed E-state index contributed by atoms with van der Waals surface area (Å²) in [4.78, 5) is 99.6. The lowest BCUT2D eigenvalue weighted by molar-refractivity contribution is 0.584. The molecular formula is C46H35Cl3N16O4. The number of anilines is 1. The maximum absolute atomic E-state index is 13.7. The number of fused-ring (bicyclic) bond motifs is 4. The van der Waals surface area contributed by atoms with Crippen LogP contribution in [0, 0.1) is 0 Å². The van der Waals surface area contributed by atoms with Crippen LogP contribution in [-0.2, 0) is 0 Å². The number of halogens is 3. The fourth-order valence-corrected chi connectivity index (χ4v) is 9.23. The number of aromatic nitrogens is 14. The highest BCUT2D eigenvalue weighted by Gasteiger charge is 2.34. The molecule has 0 amide bonds. The van der Waals surface area contributed by atoms with Crippen LogP contribution in [0.1, 0.15) is 49.4 Å². The van der Waals surface area contributed by atoms with Gasteiger partial charge in [0, 0.05) is 18.9 Å². The molecule has 3 N–H and O–H groups in total. The van der Waals surface area contributed by atoms with Crippen LogP contribution in [0.25, 0.3) is 55.2 Å². The lowest BCUT2D eigenvalue weighted by Crippen LogP contribution is -2.32. The fourth-order valence-electron chi connectivity index (χ4n) is 8.52. The molecule has 0 aliphatic carbocycles. The largest absolute Gasteiger partial charge is 0.346 e. The maximum atomic E-state index is 13.7. The second-order valence-electron chi connectivity index (χ2n) is 15.6. The van der Waals surface area contributed by atoms with Gasteiger partial charge in [0.2, 0.25) is 0 Å². The maximum Gasteiger partial charge on any atom is 0.267 e. The average Bonchev–Trinajstić information content (AvgIpc) is 4.09. The molecule has 2 aromatic carbocycles. The number of nitrogens with zero attached hydrogens (tertiary/aromatic N) is 13. The molecule has 10 aromatic rings. The van der Waals surface area contributed by atoms with Crippen LogP contribution in [0.2, 0.25) is 15.2 Å². The van der Waals surface area contributed by atoms with Gasteiger partial charge in [-0.3, -0.25) is 38.3 Å². The predicted octanol–water partition coefficient (Wildman–Crippen LogP) is 6.03. The quantitative estimate of drug-likeness (QED) is 0.167. The molecule has 12 rings (SSSR count). The summed E-state index contributed by atoms with van der Waals surface area (Å²) in [7, 11) is 0. The van der Waals surface area contributed by atoms with Crippen LogP contribution in [0.4, 0.5) is 5.82 Å². The standard InChI is InChI=1S/C23H17ClN8O2.C17H15ClN4O.C6H3ClN4O/c24-14-5-1-6-15-17(14)23(34)32(13-4-2-8-25-10-13)20(30-15)16-7-3-9-31(16)21-18-19(26-11-28-21)27-12-29-22(18)33;18-12-5-1-6-13-15(12)17(23)22(11-4-2-8-19-10-11)16(21-13)14-7-3-9-20-14;7-4-3-5(9-1-8-4)10-2-11-6(3)12/h1-2,4-6,8,10-12,16H,3,7,9H2,(H,26,27,28,29,33);1-2,4-6,8,10,14,20H,3,7,9H2;1-2H,(H,8,9,10,11,12)/t16-;14-;/m00./s1. The Morgan fingerprint density at radius 2 is 1.16 bits per heavy atom. The summed E-state index contributed by atoms with van der Waals surface area (Å²) < 4.78 is 3.18. The second kappa shape index (κ2) is 19.4. The molecule has 10 heterocycles. The van der Waals surface area contributed by atoms with E-state index in [0.29, 0.717) is 84.5 Å².